The largest absolute Gasteiger partial charge is 0.493 e. The number of nitrogens with one attached hydrogen (secondary N) is 1. The molecule has 2 N–H and O–H groups in total. The highest BCUT2D eigenvalue weighted by Gasteiger charge is 2.38. The van der Waals surface area contributed by atoms with E-state index in [-0.39, 0.29) is 6.54 Å². The van der Waals surface area contributed by atoms with Crippen molar-refractivity contribution in [1.82, 2.24) is 4.72 Å². The Hall–Kier alpha value is -1.31. The Bertz CT molecular complexity index is 613. The van der Waals surface area contributed by atoms with Gasteiger partial charge in [-0.2, -0.15) is 0 Å². The maximum Gasteiger partial charge on any atom is 0.208 e. The molecule has 0 spiro atoms. The predicted octanol–water partition coefficient (Wildman–Crippen LogP) is 0.387. The van der Waals surface area contributed by atoms with Crippen LogP contribution in [0.5, 0.6) is 11.5 Å². The Balaban J connectivity index is 2.36. The van der Waals surface area contributed by atoms with Crippen molar-refractivity contribution < 1.29 is 23.0 Å². The lowest BCUT2D eigenvalue weighted by Crippen LogP contribution is -2.38. The van der Waals surface area contributed by atoms with Gasteiger partial charge in [-0.1, -0.05) is 0 Å². The molecule has 1 aliphatic carbocycles. The maximum atomic E-state index is 11.2. The third-order valence-corrected chi connectivity index (χ3v) is 4.21. The normalized spacial score (nSPS) is 21.6. The van der Waals surface area contributed by atoms with Gasteiger partial charge in [0.2, 0.25) is 10.0 Å². The number of rotatable bonds is 5. The van der Waals surface area contributed by atoms with E-state index in [1.54, 1.807) is 13.2 Å². The van der Waals surface area contributed by atoms with E-state index in [1.807, 2.05) is 6.07 Å². The highest BCUT2D eigenvalue weighted by molar-refractivity contribution is 7.88. The van der Waals surface area contributed by atoms with Gasteiger partial charge in [-0.25, -0.2) is 13.1 Å². The second-order valence-corrected chi connectivity index (χ2v) is 6.82. The summed E-state index contributed by atoms with van der Waals surface area (Å²) in [7, 11) is -0.274. The number of methoxy groups -OCH3 is 2. The van der Waals surface area contributed by atoms with Crippen LogP contribution in [0.2, 0.25) is 0 Å². The molecule has 0 aromatic heterocycles. The number of aliphatic hydroxyl groups is 1. The summed E-state index contributed by atoms with van der Waals surface area (Å²) in [5.41, 5.74) is 0.421. The Labute approximate surface area is 118 Å². The molecule has 1 unspecified atom stereocenters. The zero-order chi connectivity index (χ0) is 15.0. The molecule has 1 aromatic rings. The number of aryl methyl sites for hydroxylation is 1. The van der Waals surface area contributed by atoms with Gasteiger partial charge in [-0.3, -0.25) is 0 Å². The van der Waals surface area contributed by atoms with E-state index >= 15 is 0 Å². The van der Waals surface area contributed by atoms with Crippen LogP contribution in [-0.4, -0.2) is 40.5 Å². The number of benzene rings is 1. The van der Waals surface area contributed by atoms with Crippen LogP contribution < -0.4 is 14.2 Å². The van der Waals surface area contributed by atoms with E-state index in [9.17, 15) is 13.5 Å². The standard InChI is InChI=1S/C13H19NO5S/c1-18-11-6-9-4-5-13(15,8-14-20(3,16)17)10(9)7-12(11)19-2/h6-7,14-15H,4-5,8H2,1-3H3. The van der Waals surface area contributed by atoms with E-state index in [0.29, 0.717) is 29.9 Å². The average Bonchev–Trinajstić information content (AvgIpc) is 2.72. The van der Waals surface area contributed by atoms with Gasteiger partial charge in [0.15, 0.2) is 11.5 Å². The topological polar surface area (TPSA) is 84.9 Å². The van der Waals surface area contributed by atoms with Crippen LogP contribution in [0.4, 0.5) is 0 Å². The Kier molecular flexibility index (Phi) is 3.95. The summed E-state index contributed by atoms with van der Waals surface area (Å²) >= 11 is 0. The van der Waals surface area contributed by atoms with Crippen molar-refractivity contribution in [1.29, 1.82) is 0 Å². The van der Waals surface area contributed by atoms with Gasteiger partial charge in [-0.15, -0.1) is 0 Å². The number of sulfonamides is 1. The van der Waals surface area contributed by atoms with Crippen LogP contribution in [0.3, 0.4) is 0 Å². The van der Waals surface area contributed by atoms with E-state index < -0.39 is 15.6 Å². The highest BCUT2D eigenvalue weighted by Crippen LogP contribution is 2.42. The summed E-state index contributed by atoms with van der Waals surface area (Å²) in [5, 5.41) is 10.7. The van der Waals surface area contributed by atoms with Crippen molar-refractivity contribution in [3.05, 3.63) is 23.3 Å². The van der Waals surface area contributed by atoms with Crippen molar-refractivity contribution >= 4 is 10.0 Å². The molecule has 7 heteroatoms. The summed E-state index contributed by atoms with van der Waals surface area (Å²) in [6.45, 7) is -0.0473. The van der Waals surface area contributed by atoms with Gasteiger partial charge < -0.3 is 14.6 Å². The van der Waals surface area contributed by atoms with Gasteiger partial charge in [0, 0.05) is 6.54 Å². The Morgan fingerprint density at radius 3 is 2.45 bits per heavy atom. The zero-order valence-electron chi connectivity index (χ0n) is 11.8. The van der Waals surface area contributed by atoms with Gasteiger partial charge in [0.1, 0.15) is 5.60 Å². The first kappa shape index (κ1) is 15.1. The first-order valence-corrected chi connectivity index (χ1v) is 8.10. The SMILES string of the molecule is COc1cc2c(cc1OC)C(O)(CNS(C)(=O)=O)CC2. The van der Waals surface area contributed by atoms with Crippen molar-refractivity contribution in [3.63, 3.8) is 0 Å². The number of hydrogen-bond donors (Lipinski definition) is 2. The average molecular weight is 301 g/mol. The fraction of sp³-hybridized carbons (Fsp3) is 0.538. The summed E-state index contributed by atoms with van der Waals surface area (Å²) in [5.74, 6) is 1.12. The van der Waals surface area contributed by atoms with Crippen LogP contribution in [-0.2, 0) is 22.0 Å². The van der Waals surface area contributed by atoms with Gasteiger partial charge in [0.05, 0.1) is 20.5 Å². The maximum absolute atomic E-state index is 11.2. The molecule has 1 atom stereocenters. The molecule has 0 bridgehead atoms. The number of ether oxygens (including phenoxy) is 2. The van der Waals surface area contributed by atoms with Gasteiger partial charge in [0.25, 0.3) is 0 Å². The van der Waals surface area contributed by atoms with Crippen molar-refractivity contribution in [2.75, 3.05) is 27.0 Å². The summed E-state index contributed by atoms with van der Waals surface area (Å²) < 4.78 is 35.2. The molecule has 0 heterocycles. The molecule has 1 aliphatic rings. The summed E-state index contributed by atoms with van der Waals surface area (Å²) in [4.78, 5) is 0. The quantitative estimate of drug-likeness (QED) is 0.821. The molecular formula is C13H19NO5S. The van der Waals surface area contributed by atoms with Crippen molar-refractivity contribution in [2.45, 2.75) is 18.4 Å². The lowest BCUT2D eigenvalue weighted by atomic mass is 9.96. The first-order valence-electron chi connectivity index (χ1n) is 6.21. The second-order valence-electron chi connectivity index (χ2n) is 4.99. The minimum Gasteiger partial charge on any atom is -0.493 e. The molecule has 0 saturated carbocycles. The molecule has 112 valence electrons. The Morgan fingerprint density at radius 1 is 1.30 bits per heavy atom. The fourth-order valence-corrected chi connectivity index (χ4v) is 2.97. The number of hydrogen-bond acceptors (Lipinski definition) is 5. The molecule has 2 rings (SSSR count). The summed E-state index contributed by atoms with van der Waals surface area (Å²) in [6.07, 6.45) is 2.19. The van der Waals surface area contributed by atoms with Gasteiger partial charge in [-0.05, 0) is 36.1 Å². The molecule has 0 saturated heterocycles. The van der Waals surface area contributed by atoms with Crippen molar-refractivity contribution in [3.8, 4) is 11.5 Å². The predicted molar refractivity (Wildman–Crippen MR) is 74.6 cm³/mol. The highest BCUT2D eigenvalue weighted by atomic mass is 32.2. The Morgan fingerprint density at radius 2 is 1.90 bits per heavy atom. The van der Waals surface area contributed by atoms with Crippen LogP contribution in [0.25, 0.3) is 0 Å². The third-order valence-electron chi connectivity index (χ3n) is 3.55. The van der Waals surface area contributed by atoms with E-state index in [0.717, 1.165) is 11.8 Å². The molecule has 0 radical (unpaired) electrons. The molecule has 20 heavy (non-hydrogen) atoms. The summed E-state index contributed by atoms with van der Waals surface area (Å²) in [6, 6.07) is 3.54. The molecule has 6 nitrogen and oxygen atoms in total. The minimum atomic E-state index is -3.35. The van der Waals surface area contributed by atoms with Crippen LogP contribution in [0, 0.1) is 0 Å². The minimum absolute atomic E-state index is 0.0473. The van der Waals surface area contributed by atoms with Crippen molar-refractivity contribution in [2.24, 2.45) is 0 Å². The molecule has 0 fully saturated rings. The lowest BCUT2D eigenvalue weighted by Gasteiger charge is -2.24. The monoisotopic (exact) mass is 301 g/mol. The van der Waals surface area contributed by atoms with E-state index in [2.05, 4.69) is 4.72 Å². The van der Waals surface area contributed by atoms with E-state index in [4.69, 9.17) is 9.47 Å². The van der Waals surface area contributed by atoms with Gasteiger partial charge >= 0.3 is 0 Å². The second kappa shape index (κ2) is 5.23. The van der Waals surface area contributed by atoms with Crippen LogP contribution >= 0.6 is 0 Å². The molecule has 1 aromatic carbocycles. The smallest absolute Gasteiger partial charge is 0.208 e. The van der Waals surface area contributed by atoms with E-state index in [1.165, 1.54) is 7.11 Å². The van der Waals surface area contributed by atoms with Crippen LogP contribution in [0.15, 0.2) is 12.1 Å². The fourth-order valence-electron chi connectivity index (χ4n) is 2.47. The molecular weight excluding hydrogens is 282 g/mol. The third kappa shape index (κ3) is 2.89. The zero-order valence-corrected chi connectivity index (χ0v) is 12.6. The van der Waals surface area contributed by atoms with Crippen LogP contribution in [0.1, 0.15) is 17.5 Å². The molecule has 0 aliphatic heterocycles. The number of fused-ring (bicyclic) bond motifs is 1. The lowest BCUT2D eigenvalue weighted by molar-refractivity contribution is 0.0440. The molecule has 0 amide bonds. The first-order chi connectivity index (χ1) is 9.29.